The molecule has 1 aromatic rings. The van der Waals surface area contributed by atoms with Gasteiger partial charge >= 0.3 is 6.09 Å². The van der Waals surface area contributed by atoms with Crippen molar-refractivity contribution in [2.45, 2.75) is 63.4 Å². The smallest absolute Gasteiger partial charge is 0.405 e. The molecule has 0 bridgehead atoms. The van der Waals surface area contributed by atoms with Crippen molar-refractivity contribution in [1.29, 1.82) is 0 Å². The summed E-state index contributed by atoms with van der Waals surface area (Å²) >= 11 is 0. The SMILES string of the molecule is COc1ccc(CO[C@H]2CC[C@H](C[C@H](NC(=O)O)C(=O)[C@@]3(C)CO3)CC2)cc1. The second-order valence-electron chi connectivity index (χ2n) is 7.92. The van der Waals surface area contributed by atoms with Gasteiger partial charge in [0.15, 0.2) is 5.78 Å². The summed E-state index contributed by atoms with van der Waals surface area (Å²) in [5.41, 5.74) is 0.295. The van der Waals surface area contributed by atoms with E-state index in [0.717, 1.165) is 37.0 Å². The Labute approximate surface area is 165 Å². The van der Waals surface area contributed by atoms with Gasteiger partial charge in [-0.05, 0) is 62.6 Å². The van der Waals surface area contributed by atoms with Gasteiger partial charge in [0.25, 0.3) is 0 Å². The fourth-order valence-corrected chi connectivity index (χ4v) is 3.80. The number of hydrogen-bond acceptors (Lipinski definition) is 5. The summed E-state index contributed by atoms with van der Waals surface area (Å²) in [5, 5.41) is 11.5. The summed E-state index contributed by atoms with van der Waals surface area (Å²) in [6, 6.07) is 7.14. The van der Waals surface area contributed by atoms with E-state index in [9.17, 15) is 9.59 Å². The number of methoxy groups -OCH3 is 1. The van der Waals surface area contributed by atoms with E-state index in [1.165, 1.54) is 0 Å². The number of amides is 1. The third-order valence-corrected chi connectivity index (χ3v) is 5.72. The topological polar surface area (TPSA) is 97.4 Å². The Morgan fingerprint density at radius 1 is 1.25 bits per heavy atom. The van der Waals surface area contributed by atoms with E-state index in [4.69, 9.17) is 19.3 Å². The van der Waals surface area contributed by atoms with Gasteiger partial charge in [-0.1, -0.05) is 12.1 Å². The fraction of sp³-hybridized carbons (Fsp3) is 0.619. The van der Waals surface area contributed by atoms with Crippen LogP contribution in [0.25, 0.3) is 0 Å². The lowest BCUT2D eigenvalue weighted by atomic mass is 9.81. The summed E-state index contributed by atoms with van der Waals surface area (Å²) in [7, 11) is 1.64. The number of Topliss-reactive ketones (excluding diaryl/α,β-unsaturated/α-hetero) is 1. The van der Waals surface area contributed by atoms with Crippen molar-refractivity contribution >= 4 is 11.9 Å². The van der Waals surface area contributed by atoms with Crippen LogP contribution >= 0.6 is 0 Å². The molecule has 0 unspecified atom stereocenters. The molecule has 2 atom stereocenters. The lowest BCUT2D eigenvalue weighted by Gasteiger charge is -2.31. The Hall–Kier alpha value is -2.12. The van der Waals surface area contributed by atoms with Crippen molar-refractivity contribution in [1.82, 2.24) is 5.32 Å². The molecule has 1 saturated heterocycles. The lowest BCUT2D eigenvalue weighted by Crippen LogP contribution is -2.47. The highest BCUT2D eigenvalue weighted by molar-refractivity contribution is 5.95. The third kappa shape index (κ3) is 5.45. The van der Waals surface area contributed by atoms with E-state index >= 15 is 0 Å². The molecule has 7 nitrogen and oxygen atoms in total. The first-order chi connectivity index (χ1) is 13.4. The Morgan fingerprint density at radius 3 is 2.43 bits per heavy atom. The van der Waals surface area contributed by atoms with Crippen LogP contribution in [0.1, 0.15) is 44.6 Å². The molecule has 1 aliphatic carbocycles. The van der Waals surface area contributed by atoms with E-state index in [1.54, 1.807) is 14.0 Å². The van der Waals surface area contributed by atoms with Crippen LogP contribution in [0, 0.1) is 5.92 Å². The molecule has 3 rings (SSSR count). The summed E-state index contributed by atoms with van der Waals surface area (Å²) in [4.78, 5) is 23.6. The molecule has 1 amide bonds. The number of ether oxygens (including phenoxy) is 3. The molecule has 1 aliphatic heterocycles. The van der Waals surface area contributed by atoms with E-state index in [1.807, 2.05) is 24.3 Å². The Kier molecular flexibility index (Phi) is 6.57. The maximum Gasteiger partial charge on any atom is 0.405 e. The van der Waals surface area contributed by atoms with Gasteiger partial charge in [-0.3, -0.25) is 4.79 Å². The van der Waals surface area contributed by atoms with Gasteiger partial charge in [0.05, 0.1) is 32.5 Å². The quantitative estimate of drug-likeness (QED) is 0.628. The number of rotatable bonds is 9. The summed E-state index contributed by atoms with van der Waals surface area (Å²) in [5.74, 6) is 0.977. The second-order valence-corrected chi connectivity index (χ2v) is 7.92. The number of hydrogen-bond donors (Lipinski definition) is 2. The normalized spacial score (nSPS) is 27.6. The van der Waals surface area contributed by atoms with E-state index in [-0.39, 0.29) is 11.9 Å². The molecule has 154 valence electrons. The van der Waals surface area contributed by atoms with Gasteiger partial charge in [-0.2, -0.15) is 0 Å². The van der Waals surface area contributed by atoms with Crippen LogP contribution in [0.2, 0.25) is 0 Å². The second kappa shape index (κ2) is 8.92. The molecular weight excluding hydrogens is 362 g/mol. The third-order valence-electron chi connectivity index (χ3n) is 5.72. The zero-order valence-electron chi connectivity index (χ0n) is 16.5. The molecule has 0 aromatic heterocycles. The fourth-order valence-electron chi connectivity index (χ4n) is 3.80. The van der Waals surface area contributed by atoms with E-state index in [2.05, 4.69) is 5.32 Å². The number of carboxylic acid groups (broad SMARTS) is 1. The lowest BCUT2D eigenvalue weighted by molar-refractivity contribution is -0.126. The van der Waals surface area contributed by atoms with Gasteiger partial charge < -0.3 is 24.6 Å². The Balaban J connectivity index is 1.44. The maximum atomic E-state index is 12.5. The zero-order chi connectivity index (χ0) is 20.1. The number of nitrogens with one attached hydrogen (secondary N) is 1. The molecule has 7 heteroatoms. The zero-order valence-corrected chi connectivity index (χ0v) is 16.5. The minimum atomic E-state index is -1.17. The molecule has 2 fully saturated rings. The van der Waals surface area contributed by atoms with Gasteiger partial charge in [0, 0.05) is 0 Å². The minimum Gasteiger partial charge on any atom is -0.497 e. The summed E-state index contributed by atoms with van der Waals surface area (Å²) < 4.78 is 16.4. The number of carbonyl (C=O) groups excluding carboxylic acids is 1. The average Bonchev–Trinajstić information content (AvgIpc) is 3.45. The molecule has 1 saturated carbocycles. The molecule has 1 aromatic carbocycles. The highest BCUT2D eigenvalue weighted by Gasteiger charge is 2.50. The van der Waals surface area contributed by atoms with Crippen LogP contribution in [0.5, 0.6) is 5.75 Å². The van der Waals surface area contributed by atoms with Crippen molar-refractivity contribution in [3.63, 3.8) is 0 Å². The molecule has 28 heavy (non-hydrogen) atoms. The first-order valence-corrected chi connectivity index (χ1v) is 9.82. The predicted molar refractivity (Wildman–Crippen MR) is 102 cm³/mol. The molecule has 2 N–H and O–H groups in total. The van der Waals surface area contributed by atoms with Crippen molar-refractivity contribution in [3.05, 3.63) is 29.8 Å². The van der Waals surface area contributed by atoms with E-state index < -0.39 is 17.7 Å². The van der Waals surface area contributed by atoms with Crippen LogP contribution in [0.4, 0.5) is 4.79 Å². The molecule has 1 heterocycles. The van der Waals surface area contributed by atoms with Gasteiger partial charge in [0.2, 0.25) is 0 Å². The monoisotopic (exact) mass is 391 g/mol. The van der Waals surface area contributed by atoms with Crippen LogP contribution in [-0.4, -0.2) is 48.4 Å². The first-order valence-electron chi connectivity index (χ1n) is 9.82. The number of epoxide rings is 1. The molecular formula is C21H29NO6. The van der Waals surface area contributed by atoms with Crippen LogP contribution in [0.15, 0.2) is 24.3 Å². The maximum absolute atomic E-state index is 12.5. The highest BCUT2D eigenvalue weighted by atomic mass is 16.6. The predicted octanol–water partition coefficient (Wildman–Crippen LogP) is 3.15. The Morgan fingerprint density at radius 2 is 1.89 bits per heavy atom. The van der Waals surface area contributed by atoms with Crippen molar-refractivity contribution < 1.29 is 28.9 Å². The molecule has 2 aliphatic rings. The van der Waals surface area contributed by atoms with E-state index in [0.29, 0.717) is 25.6 Å². The highest BCUT2D eigenvalue weighted by Crippen LogP contribution is 2.34. The van der Waals surface area contributed by atoms with Gasteiger partial charge in [-0.25, -0.2) is 4.79 Å². The average molecular weight is 391 g/mol. The summed E-state index contributed by atoms with van der Waals surface area (Å²) in [6.45, 7) is 2.65. The molecule has 0 radical (unpaired) electrons. The van der Waals surface area contributed by atoms with Gasteiger partial charge in [0.1, 0.15) is 11.4 Å². The standard InChI is InChI=1S/C21H29NO6/c1-21(13-28-21)19(23)18(22-20(24)25)11-14-3-9-17(10-4-14)27-12-15-5-7-16(26-2)8-6-15/h5-8,14,17-18,22H,3-4,9-13H2,1-2H3,(H,24,25)/t14-,17-,18-,21+/m0/s1. The minimum absolute atomic E-state index is 0.159. The summed E-state index contributed by atoms with van der Waals surface area (Å²) in [6.07, 6.45) is 3.25. The van der Waals surface area contributed by atoms with Crippen LogP contribution in [0.3, 0.4) is 0 Å². The van der Waals surface area contributed by atoms with Crippen LogP contribution < -0.4 is 10.1 Å². The largest absolute Gasteiger partial charge is 0.497 e. The number of benzene rings is 1. The van der Waals surface area contributed by atoms with Crippen molar-refractivity contribution in [3.8, 4) is 5.75 Å². The van der Waals surface area contributed by atoms with Crippen molar-refractivity contribution in [2.24, 2.45) is 5.92 Å². The van der Waals surface area contributed by atoms with Crippen LogP contribution in [-0.2, 0) is 20.9 Å². The van der Waals surface area contributed by atoms with Crippen molar-refractivity contribution in [2.75, 3.05) is 13.7 Å². The first kappa shape index (κ1) is 20.6. The van der Waals surface area contributed by atoms with Gasteiger partial charge in [-0.15, -0.1) is 0 Å². The Bertz CT molecular complexity index is 677. The number of ketones is 1. The number of carbonyl (C=O) groups is 2. The molecule has 0 spiro atoms.